The van der Waals surface area contributed by atoms with E-state index in [1.165, 1.54) is 0 Å². The molecule has 0 atom stereocenters. The third-order valence-electron chi connectivity index (χ3n) is 5.55. The summed E-state index contributed by atoms with van der Waals surface area (Å²) in [6.45, 7) is 7.32. The van der Waals surface area contributed by atoms with E-state index in [-0.39, 0.29) is 30.9 Å². The zero-order valence-electron chi connectivity index (χ0n) is 20.5. The van der Waals surface area contributed by atoms with Crippen LogP contribution in [-0.2, 0) is 16.0 Å². The number of carbonyl (C=O) groups is 1. The molecule has 0 bridgehead atoms. The van der Waals surface area contributed by atoms with Gasteiger partial charge in [0, 0.05) is 16.7 Å². The van der Waals surface area contributed by atoms with Crippen LogP contribution in [0.2, 0.25) is 0 Å². The van der Waals surface area contributed by atoms with Crippen LogP contribution in [0.25, 0.3) is 22.8 Å². The summed E-state index contributed by atoms with van der Waals surface area (Å²) in [5, 5.41) is 9.12. The van der Waals surface area contributed by atoms with E-state index in [9.17, 15) is 13.6 Å². The first-order valence-corrected chi connectivity index (χ1v) is 11.7. The minimum Gasteiger partial charge on any atom is -0.491 e. The van der Waals surface area contributed by atoms with Gasteiger partial charge in [-0.05, 0) is 55.5 Å². The van der Waals surface area contributed by atoms with Crippen molar-refractivity contribution in [2.24, 2.45) is 0 Å². The Bertz CT molecular complexity index is 1230. The molecule has 0 aliphatic rings. The number of aliphatic hydroxyl groups is 1. The van der Waals surface area contributed by atoms with Crippen molar-refractivity contribution in [2.45, 2.75) is 26.7 Å². The molecule has 0 saturated carbocycles. The lowest BCUT2D eigenvalue weighted by Crippen LogP contribution is -2.08. The number of aliphatic hydroxyl groups excluding tert-OH is 1. The highest BCUT2D eigenvalue weighted by atomic mass is 19.2. The minimum absolute atomic E-state index is 0.114. The van der Waals surface area contributed by atoms with Gasteiger partial charge in [0.1, 0.15) is 12.4 Å². The third-order valence-corrected chi connectivity index (χ3v) is 5.55. The second kappa shape index (κ2) is 12.8. The summed E-state index contributed by atoms with van der Waals surface area (Å²) in [5.41, 5.74) is 4.24. The highest BCUT2D eigenvalue weighted by Crippen LogP contribution is 2.32. The average Bonchev–Trinajstić information content (AvgIpc) is 2.89. The Hall–Kier alpha value is -3.77. The number of halogens is 2. The van der Waals surface area contributed by atoms with Gasteiger partial charge < -0.3 is 14.6 Å². The first-order valence-electron chi connectivity index (χ1n) is 11.7. The van der Waals surface area contributed by atoms with Crippen molar-refractivity contribution < 1.29 is 28.2 Å². The molecule has 4 nitrogen and oxygen atoms in total. The van der Waals surface area contributed by atoms with Crippen molar-refractivity contribution in [1.82, 2.24) is 0 Å². The molecule has 36 heavy (non-hydrogen) atoms. The van der Waals surface area contributed by atoms with E-state index in [2.05, 4.69) is 6.58 Å². The van der Waals surface area contributed by atoms with E-state index >= 15 is 0 Å². The van der Waals surface area contributed by atoms with Crippen LogP contribution in [0.4, 0.5) is 8.78 Å². The summed E-state index contributed by atoms with van der Waals surface area (Å²) in [7, 11) is 0. The average molecular weight is 493 g/mol. The zero-order chi connectivity index (χ0) is 26.1. The van der Waals surface area contributed by atoms with E-state index in [4.69, 9.17) is 14.6 Å². The second-order valence-electron chi connectivity index (χ2n) is 8.49. The van der Waals surface area contributed by atoms with E-state index in [0.29, 0.717) is 24.2 Å². The van der Waals surface area contributed by atoms with E-state index in [1.807, 2.05) is 25.1 Å². The van der Waals surface area contributed by atoms with Crippen LogP contribution in [0, 0.1) is 6.92 Å². The predicted molar refractivity (Wildman–Crippen MR) is 139 cm³/mol. The molecule has 1 N–H and O–H groups in total. The van der Waals surface area contributed by atoms with Crippen LogP contribution in [0.15, 0.2) is 78.9 Å². The molecule has 0 aromatic heterocycles. The van der Waals surface area contributed by atoms with Gasteiger partial charge in [-0.2, -0.15) is 0 Å². The van der Waals surface area contributed by atoms with Gasteiger partial charge in [-0.15, -0.1) is 0 Å². The van der Waals surface area contributed by atoms with Crippen LogP contribution in [0.1, 0.15) is 35.6 Å². The first kappa shape index (κ1) is 26.8. The Labute approximate surface area is 210 Å². The molecule has 3 aromatic carbocycles. The summed E-state index contributed by atoms with van der Waals surface area (Å²) in [5.74, 6) is -1.61. The Morgan fingerprint density at radius 3 is 2.06 bits per heavy atom. The molecule has 6 heteroatoms. The number of rotatable bonds is 11. The van der Waals surface area contributed by atoms with Gasteiger partial charge in [0.05, 0.1) is 13.2 Å². The summed E-state index contributed by atoms with van der Waals surface area (Å²) < 4.78 is 40.3. The molecule has 0 radical (unpaired) electrons. The van der Waals surface area contributed by atoms with E-state index in [1.54, 1.807) is 55.5 Å². The molecule has 0 spiro atoms. The summed E-state index contributed by atoms with van der Waals surface area (Å²) in [6, 6.07) is 18.8. The van der Waals surface area contributed by atoms with Crippen molar-refractivity contribution in [1.29, 1.82) is 0 Å². The summed E-state index contributed by atoms with van der Waals surface area (Å²) >= 11 is 0. The van der Waals surface area contributed by atoms with Gasteiger partial charge in [-0.25, -0.2) is 13.6 Å². The number of hydrogen-bond donors (Lipinski definition) is 1. The Balaban J connectivity index is 1.79. The molecule has 0 amide bonds. The van der Waals surface area contributed by atoms with Gasteiger partial charge >= 0.3 is 5.97 Å². The molecule has 0 unspecified atom stereocenters. The minimum atomic E-state index is -0.914. The molecule has 0 fully saturated rings. The van der Waals surface area contributed by atoms with Gasteiger partial charge in [0.25, 0.3) is 0 Å². The predicted octanol–water partition coefficient (Wildman–Crippen LogP) is 6.85. The zero-order valence-corrected chi connectivity index (χ0v) is 20.5. The van der Waals surface area contributed by atoms with E-state index < -0.39 is 17.6 Å². The number of benzene rings is 3. The normalized spacial score (nSPS) is 11.6. The Morgan fingerprint density at radius 2 is 1.47 bits per heavy atom. The van der Waals surface area contributed by atoms with Crippen molar-refractivity contribution in [3.8, 4) is 16.9 Å². The van der Waals surface area contributed by atoms with Crippen molar-refractivity contribution in [2.75, 3.05) is 19.8 Å². The molecule has 3 aromatic rings. The Morgan fingerprint density at radius 1 is 0.889 bits per heavy atom. The smallest absolute Gasteiger partial charge is 0.333 e. The Kier molecular flexibility index (Phi) is 9.53. The number of ether oxygens (including phenoxy) is 2. The molecule has 188 valence electrons. The van der Waals surface area contributed by atoms with Crippen LogP contribution >= 0.6 is 0 Å². The lowest BCUT2D eigenvalue weighted by molar-refractivity contribution is -0.139. The lowest BCUT2D eigenvalue weighted by Gasteiger charge is -2.13. The number of hydrogen-bond acceptors (Lipinski definition) is 4. The molecule has 3 rings (SSSR count). The fourth-order valence-corrected chi connectivity index (χ4v) is 3.56. The molecule has 0 saturated heterocycles. The second-order valence-corrected chi connectivity index (χ2v) is 8.49. The lowest BCUT2D eigenvalue weighted by atomic mass is 9.98. The molecule has 0 aliphatic heterocycles. The van der Waals surface area contributed by atoms with Gasteiger partial charge in [0.2, 0.25) is 0 Å². The van der Waals surface area contributed by atoms with E-state index in [0.717, 1.165) is 22.3 Å². The largest absolute Gasteiger partial charge is 0.491 e. The maximum absolute atomic E-state index is 14.8. The number of aryl methyl sites for hydroxylation is 2. The van der Waals surface area contributed by atoms with Crippen molar-refractivity contribution in [3.05, 3.63) is 101 Å². The highest BCUT2D eigenvalue weighted by molar-refractivity contribution is 5.87. The standard InChI is InChI=1S/C30H30F2O4/c1-20(2)30(34)36-17-4-5-26-19-25(14-15-27(26)35-18-16-33)22-10-12-24(13-11-22)29(32)28(31)23-8-6-21(3)7-9-23/h6-15,19,33H,1,4-5,16-18H2,2-3H3/b29-28+. The van der Waals surface area contributed by atoms with Gasteiger partial charge in [-0.1, -0.05) is 66.7 Å². The maximum Gasteiger partial charge on any atom is 0.333 e. The SMILES string of the molecule is C=C(C)C(=O)OCCCc1cc(-c2ccc(/C(F)=C(\F)c3ccc(C)cc3)cc2)ccc1OCCO. The molecule has 0 aliphatic carbocycles. The molecular weight excluding hydrogens is 462 g/mol. The molecular formula is C30H30F2O4. The first-order chi connectivity index (χ1) is 17.3. The van der Waals surface area contributed by atoms with Crippen LogP contribution < -0.4 is 4.74 Å². The van der Waals surface area contributed by atoms with Crippen molar-refractivity contribution in [3.63, 3.8) is 0 Å². The topological polar surface area (TPSA) is 55.8 Å². The monoisotopic (exact) mass is 492 g/mol. The fourth-order valence-electron chi connectivity index (χ4n) is 3.56. The van der Waals surface area contributed by atoms with Crippen LogP contribution in [0.3, 0.4) is 0 Å². The quantitative estimate of drug-likeness (QED) is 0.138. The maximum atomic E-state index is 14.8. The fraction of sp³-hybridized carbons (Fsp3) is 0.233. The van der Waals surface area contributed by atoms with Crippen molar-refractivity contribution >= 4 is 17.6 Å². The highest BCUT2D eigenvalue weighted by Gasteiger charge is 2.13. The summed E-state index contributed by atoms with van der Waals surface area (Å²) in [4.78, 5) is 11.6. The number of carbonyl (C=O) groups excluding carboxylic acids is 1. The van der Waals surface area contributed by atoms with Gasteiger partial charge in [0.15, 0.2) is 11.7 Å². The van der Waals surface area contributed by atoms with Crippen LogP contribution in [-0.4, -0.2) is 30.9 Å². The van der Waals surface area contributed by atoms with Crippen LogP contribution in [0.5, 0.6) is 5.75 Å². The van der Waals surface area contributed by atoms with Gasteiger partial charge in [-0.3, -0.25) is 0 Å². The third kappa shape index (κ3) is 7.12. The summed E-state index contributed by atoms with van der Waals surface area (Å²) in [6.07, 6.45) is 1.15. The number of esters is 1. The molecule has 0 heterocycles.